The van der Waals surface area contributed by atoms with Gasteiger partial charge in [-0.1, -0.05) is 53.5 Å². The second-order valence-corrected chi connectivity index (χ2v) is 11.0. The van der Waals surface area contributed by atoms with Gasteiger partial charge in [0.05, 0.1) is 21.6 Å². The predicted octanol–water partition coefficient (Wildman–Crippen LogP) is 8.12. The van der Waals surface area contributed by atoms with Gasteiger partial charge in [-0.25, -0.2) is 0 Å². The molecule has 0 bridgehead atoms. The zero-order valence-corrected chi connectivity index (χ0v) is 24.0. The summed E-state index contributed by atoms with van der Waals surface area (Å²) in [6.45, 7) is 4.77. The fourth-order valence-electron chi connectivity index (χ4n) is 3.61. The summed E-state index contributed by atoms with van der Waals surface area (Å²) in [6.07, 6.45) is 1.72. The lowest BCUT2D eigenvalue weighted by Crippen LogP contribution is -2.27. The van der Waals surface area contributed by atoms with E-state index in [1.807, 2.05) is 50.2 Å². The van der Waals surface area contributed by atoms with Crippen molar-refractivity contribution in [2.45, 2.75) is 27.0 Å². The van der Waals surface area contributed by atoms with E-state index < -0.39 is 0 Å². The van der Waals surface area contributed by atoms with Crippen molar-refractivity contribution < 1.29 is 19.1 Å². The lowest BCUT2D eigenvalue weighted by atomic mass is 10.1. The Morgan fingerprint density at radius 1 is 1.03 bits per heavy atom. The quantitative estimate of drug-likeness (QED) is 0.182. The molecule has 1 aliphatic rings. The van der Waals surface area contributed by atoms with E-state index in [9.17, 15) is 9.59 Å². The third-order valence-corrected chi connectivity index (χ3v) is 7.78. The van der Waals surface area contributed by atoms with Crippen LogP contribution < -0.4 is 9.47 Å². The van der Waals surface area contributed by atoms with E-state index in [0.29, 0.717) is 33.1 Å². The van der Waals surface area contributed by atoms with Crippen molar-refractivity contribution in [3.8, 4) is 11.5 Å². The largest absolute Gasteiger partial charge is 0.490 e. The summed E-state index contributed by atoms with van der Waals surface area (Å²) in [7, 11) is 0. The zero-order valence-electron chi connectivity index (χ0n) is 19.5. The first kappa shape index (κ1) is 26.9. The van der Waals surface area contributed by atoms with Gasteiger partial charge in [-0.05, 0) is 95.2 Å². The molecule has 0 radical (unpaired) electrons. The molecule has 186 valence electrons. The van der Waals surface area contributed by atoms with Crippen LogP contribution in [0.1, 0.15) is 29.2 Å². The van der Waals surface area contributed by atoms with Crippen LogP contribution in [0.15, 0.2) is 59.5 Å². The smallest absolute Gasteiger partial charge is 0.293 e. The summed E-state index contributed by atoms with van der Waals surface area (Å²) in [6, 6.07) is 16.7. The third-order valence-electron chi connectivity index (χ3n) is 5.48. The van der Waals surface area contributed by atoms with E-state index in [-0.39, 0.29) is 24.3 Å². The highest BCUT2D eigenvalue weighted by Gasteiger charge is 2.35. The van der Waals surface area contributed by atoms with Crippen LogP contribution in [-0.4, -0.2) is 22.7 Å². The minimum atomic E-state index is -0.307. The average molecular weight is 654 g/mol. The molecule has 0 atom stereocenters. The molecule has 4 rings (SSSR count). The molecule has 0 aromatic heterocycles. The first-order chi connectivity index (χ1) is 17.3. The van der Waals surface area contributed by atoms with Gasteiger partial charge in [0.25, 0.3) is 11.1 Å². The maximum Gasteiger partial charge on any atom is 0.293 e. The normalized spacial score (nSPS) is 14.6. The molecule has 0 unspecified atom stereocenters. The Bertz CT molecular complexity index is 1360. The summed E-state index contributed by atoms with van der Waals surface area (Å²) in [4.78, 5) is 27.3. The lowest BCUT2D eigenvalue weighted by molar-refractivity contribution is -0.123. The molecule has 0 spiro atoms. The number of amides is 2. The lowest BCUT2D eigenvalue weighted by Gasteiger charge is -2.16. The van der Waals surface area contributed by atoms with Crippen molar-refractivity contribution in [2.24, 2.45) is 0 Å². The Morgan fingerprint density at radius 2 is 1.81 bits per heavy atom. The van der Waals surface area contributed by atoms with Crippen LogP contribution in [0.2, 0.25) is 10.0 Å². The number of aryl methyl sites for hydroxylation is 1. The number of nitrogens with zero attached hydrogens (tertiary/aromatic N) is 1. The number of ether oxygens (including phenoxy) is 2. The molecule has 1 saturated heterocycles. The van der Waals surface area contributed by atoms with Gasteiger partial charge in [-0.3, -0.25) is 14.5 Å². The summed E-state index contributed by atoms with van der Waals surface area (Å²) in [5, 5.41) is 0.795. The second kappa shape index (κ2) is 11.9. The van der Waals surface area contributed by atoms with Gasteiger partial charge in [0, 0.05) is 15.6 Å². The van der Waals surface area contributed by atoms with Gasteiger partial charge in [0.15, 0.2) is 11.5 Å². The number of imide groups is 1. The molecule has 0 saturated carbocycles. The molecule has 3 aromatic rings. The number of carbonyl (C=O) groups is 2. The maximum absolute atomic E-state index is 13.0. The summed E-state index contributed by atoms with van der Waals surface area (Å²) >= 11 is 15.4. The zero-order chi connectivity index (χ0) is 25.8. The highest BCUT2D eigenvalue weighted by Crippen LogP contribution is 2.38. The summed E-state index contributed by atoms with van der Waals surface area (Å²) in [5.41, 5.74) is 3.51. The van der Waals surface area contributed by atoms with Crippen LogP contribution in [0.4, 0.5) is 4.79 Å². The third kappa shape index (κ3) is 6.19. The molecular formula is C27H22Cl2INO4S. The Hall–Kier alpha value is -2.20. The number of halogens is 3. The Balaban J connectivity index is 1.57. The molecule has 1 fully saturated rings. The predicted molar refractivity (Wildman–Crippen MR) is 154 cm³/mol. The molecular weight excluding hydrogens is 632 g/mol. The van der Waals surface area contributed by atoms with E-state index in [2.05, 4.69) is 22.6 Å². The molecule has 3 aromatic carbocycles. The number of carbonyl (C=O) groups excluding carboxylic acids is 2. The van der Waals surface area contributed by atoms with Crippen LogP contribution in [-0.2, 0) is 17.9 Å². The number of rotatable bonds is 8. The molecule has 5 nitrogen and oxygen atoms in total. The van der Waals surface area contributed by atoms with Crippen molar-refractivity contribution in [2.75, 3.05) is 6.61 Å². The Labute approximate surface area is 237 Å². The van der Waals surface area contributed by atoms with Gasteiger partial charge in [-0.2, -0.15) is 0 Å². The SMILES string of the molecule is CCOc1cc(/C=C2\SC(=O)N(Cc3ccccc3C)C2=O)cc(I)c1OCc1ccc(Cl)cc1Cl. The highest BCUT2D eigenvalue weighted by atomic mass is 127. The van der Waals surface area contributed by atoms with Crippen LogP contribution >= 0.6 is 57.6 Å². The van der Waals surface area contributed by atoms with E-state index in [1.54, 1.807) is 24.3 Å². The van der Waals surface area contributed by atoms with Crippen molar-refractivity contribution >= 4 is 74.8 Å². The minimum absolute atomic E-state index is 0.239. The van der Waals surface area contributed by atoms with Crippen LogP contribution in [0, 0.1) is 10.5 Å². The summed E-state index contributed by atoms with van der Waals surface area (Å²) < 4.78 is 12.7. The van der Waals surface area contributed by atoms with Crippen LogP contribution in [0.5, 0.6) is 11.5 Å². The van der Waals surface area contributed by atoms with E-state index in [1.165, 1.54) is 4.90 Å². The number of hydrogen-bond acceptors (Lipinski definition) is 5. The average Bonchev–Trinajstić information content (AvgIpc) is 3.08. The monoisotopic (exact) mass is 653 g/mol. The van der Waals surface area contributed by atoms with Crippen molar-refractivity contribution in [3.63, 3.8) is 0 Å². The first-order valence-electron chi connectivity index (χ1n) is 11.1. The van der Waals surface area contributed by atoms with Crippen LogP contribution in [0.25, 0.3) is 6.08 Å². The van der Waals surface area contributed by atoms with Crippen molar-refractivity contribution in [3.05, 3.63) is 95.4 Å². The highest BCUT2D eigenvalue weighted by molar-refractivity contribution is 14.1. The van der Waals surface area contributed by atoms with Crippen molar-refractivity contribution in [1.82, 2.24) is 4.90 Å². The molecule has 1 aliphatic heterocycles. The fraction of sp³-hybridized carbons (Fsp3) is 0.185. The number of benzene rings is 3. The second-order valence-electron chi connectivity index (χ2n) is 7.98. The van der Waals surface area contributed by atoms with Crippen molar-refractivity contribution in [1.29, 1.82) is 0 Å². The van der Waals surface area contributed by atoms with Gasteiger partial charge >= 0.3 is 0 Å². The Kier molecular flexibility index (Phi) is 8.87. The minimum Gasteiger partial charge on any atom is -0.490 e. The molecule has 1 heterocycles. The van der Waals surface area contributed by atoms with E-state index in [4.69, 9.17) is 32.7 Å². The first-order valence-corrected chi connectivity index (χ1v) is 13.7. The van der Waals surface area contributed by atoms with Gasteiger partial charge in [-0.15, -0.1) is 0 Å². The number of thioether (sulfide) groups is 1. The fourth-order valence-corrected chi connectivity index (χ4v) is 5.69. The van der Waals surface area contributed by atoms with Gasteiger partial charge in [0.1, 0.15) is 6.61 Å². The molecule has 0 aliphatic carbocycles. The number of hydrogen-bond donors (Lipinski definition) is 0. The maximum atomic E-state index is 13.0. The summed E-state index contributed by atoms with van der Waals surface area (Å²) in [5.74, 6) is 0.812. The molecule has 9 heteroatoms. The van der Waals surface area contributed by atoms with E-state index in [0.717, 1.165) is 37.6 Å². The molecule has 0 N–H and O–H groups in total. The molecule has 2 amide bonds. The van der Waals surface area contributed by atoms with Gasteiger partial charge < -0.3 is 9.47 Å². The van der Waals surface area contributed by atoms with Gasteiger partial charge in [0.2, 0.25) is 0 Å². The van der Waals surface area contributed by atoms with E-state index >= 15 is 0 Å². The molecule has 36 heavy (non-hydrogen) atoms. The standard InChI is InChI=1S/C27H22Cl2INO4S/c1-3-34-23-11-17(10-22(30)25(23)35-15-19-8-9-20(28)13-21(19)29)12-24-26(32)31(27(33)36-24)14-18-7-5-4-6-16(18)2/h4-13H,3,14-15H2,1-2H3/b24-12-. The van der Waals surface area contributed by atoms with Crippen LogP contribution in [0.3, 0.4) is 0 Å². The topological polar surface area (TPSA) is 55.8 Å². The Morgan fingerprint density at radius 3 is 2.53 bits per heavy atom.